The first-order chi connectivity index (χ1) is 10.5. The molecule has 22 heavy (non-hydrogen) atoms. The van der Waals surface area contributed by atoms with Gasteiger partial charge >= 0.3 is 5.97 Å². The van der Waals surface area contributed by atoms with Crippen molar-refractivity contribution in [2.24, 2.45) is 5.92 Å². The number of rotatable bonds is 6. The minimum Gasteiger partial charge on any atom is -0.482 e. The van der Waals surface area contributed by atoms with E-state index in [1.54, 1.807) is 24.3 Å². The average molecular weight is 307 g/mol. The van der Waals surface area contributed by atoms with Crippen LogP contribution in [-0.4, -0.2) is 35.7 Å². The molecule has 2 atom stereocenters. The summed E-state index contributed by atoms with van der Waals surface area (Å²) in [6.07, 6.45) is 0.721. The molecule has 7 nitrogen and oxygen atoms in total. The van der Waals surface area contributed by atoms with Crippen molar-refractivity contribution in [1.82, 2.24) is 10.9 Å². The second-order valence-corrected chi connectivity index (χ2v) is 5.63. The number of amides is 1. The van der Waals surface area contributed by atoms with E-state index >= 15 is 0 Å². The number of hydrogen-bond donors (Lipinski definition) is 4. The Bertz CT molecular complexity index is 547. The molecule has 0 aromatic heterocycles. The van der Waals surface area contributed by atoms with Gasteiger partial charge in [0.2, 0.25) is 5.91 Å². The highest BCUT2D eigenvalue weighted by Gasteiger charge is 2.30. The van der Waals surface area contributed by atoms with Crippen LogP contribution in [0.15, 0.2) is 24.3 Å². The molecule has 1 amide bonds. The number of carbonyl (C=O) groups excluding carboxylic acids is 1. The van der Waals surface area contributed by atoms with Crippen LogP contribution in [0.1, 0.15) is 20.3 Å². The zero-order valence-electron chi connectivity index (χ0n) is 12.6. The number of ether oxygens (including phenoxy) is 1. The normalized spacial score (nSPS) is 20.9. The van der Waals surface area contributed by atoms with E-state index in [-0.39, 0.29) is 18.0 Å². The third kappa shape index (κ3) is 4.44. The quantitative estimate of drug-likeness (QED) is 0.625. The van der Waals surface area contributed by atoms with E-state index in [1.165, 1.54) is 0 Å². The molecule has 0 saturated carbocycles. The first-order valence-electron chi connectivity index (χ1n) is 7.22. The molecule has 120 valence electrons. The first kappa shape index (κ1) is 16.3. The minimum absolute atomic E-state index is 0.133. The fourth-order valence-corrected chi connectivity index (χ4v) is 2.23. The predicted octanol–water partition coefficient (Wildman–Crippen LogP) is 0.980. The molecule has 0 bridgehead atoms. The standard InChI is InChI=1S/C15H21N3O4/c1-9(2)12-7-13(18-17-12)15(21)16-10-4-3-5-11(6-10)22-8-14(19)20/h3-6,9,12-13,17-18H,7-8H2,1-2H3,(H,16,21)(H,19,20). The SMILES string of the molecule is CC(C)C1CC(C(=O)Nc2cccc(OCC(=O)O)c2)NN1. The number of aliphatic carboxylic acids is 1. The lowest BCUT2D eigenvalue weighted by molar-refractivity contribution is -0.139. The van der Waals surface area contributed by atoms with Crippen LogP contribution < -0.4 is 20.9 Å². The molecule has 1 fully saturated rings. The lowest BCUT2D eigenvalue weighted by atomic mass is 9.99. The van der Waals surface area contributed by atoms with Gasteiger partial charge in [0.05, 0.1) is 0 Å². The van der Waals surface area contributed by atoms with Gasteiger partial charge in [0.1, 0.15) is 11.8 Å². The van der Waals surface area contributed by atoms with E-state index in [1.807, 2.05) is 0 Å². The highest BCUT2D eigenvalue weighted by Crippen LogP contribution is 2.19. The van der Waals surface area contributed by atoms with Gasteiger partial charge in [-0.25, -0.2) is 10.2 Å². The van der Waals surface area contributed by atoms with E-state index in [0.29, 0.717) is 17.4 Å². The van der Waals surface area contributed by atoms with Crippen LogP contribution in [-0.2, 0) is 9.59 Å². The molecule has 7 heteroatoms. The molecule has 1 saturated heterocycles. The molecular weight excluding hydrogens is 286 g/mol. The summed E-state index contributed by atoms with van der Waals surface area (Å²) in [7, 11) is 0. The number of hydrogen-bond acceptors (Lipinski definition) is 5. The van der Waals surface area contributed by atoms with Crippen LogP contribution in [0, 0.1) is 5.92 Å². The number of carboxylic acids is 1. The summed E-state index contributed by atoms with van der Waals surface area (Å²) in [6.45, 7) is 3.79. The Morgan fingerprint density at radius 3 is 2.82 bits per heavy atom. The maximum absolute atomic E-state index is 12.2. The molecule has 0 spiro atoms. The molecule has 1 aromatic rings. The zero-order valence-corrected chi connectivity index (χ0v) is 12.6. The van der Waals surface area contributed by atoms with E-state index in [4.69, 9.17) is 9.84 Å². The van der Waals surface area contributed by atoms with Gasteiger partial charge in [0, 0.05) is 17.8 Å². The monoisotopic (exact) mass is 307 g/mol. The second-order valence-electron chi connectivity index (χ2n) is 5.63. The molecular formula is C15H21N3O4. The van der Waals surface area contributed by atoms with Gasteiger partial charge in [-0.1, -0.05) is 19.9 Å². The Labute approximate surface area is 129 Å². The third-order valence-electron chi connectivity index (χ3n) is 3.52. The number of carboxylic acid groups (broad SMARTS) is 1. The van der Waals surface area contributed by atoms with Crippen molar-refractivity contribution in [3.05, 3.63) is 24.3 Å². The van der Waals surface area contributed by atoms with Crippen LogP contribution >= 0.6 is 0 Å². The van der Waals surface area contributed by atoms with E-state index in [0.717, 1.165) is 6.42 Å². The Morgan fingerprint density at radius 2 is 2.18 bits per heavy atom. The zero-order chi connectivity index (χ0) is 16.1. The minimum atomic E-state index is -1.05. The van der Waals surface area contributed by atoms with Crippen molar-refractivity contribution in [2.45, 2.75) is 32.4 Å². The van der Waals surface area contributed by atoms with Gasteiger partial charge in [-0.3, -0.25) is 10.2 Å². The molecule has 0 radical (unpaired) electrons. The fourth-order valence-electron chi connectivity index (χ4n) is 2.23. The molecule has 1 heterocycles. The molecule has 4 N–H and O–H groups in total. The van der Waals surface area contributed by atoms with Gasteiger partial charge in [0.15, 0.2) is 6.61 Å². The van der Waals surface area contributed by atoms with Gasteiger partial charge in [-0.2, -0.15) is 0 Å². The Kier molecular flexibility index (Phi) is 5.35. The summed E-state index contributed by atoms with van der Waals surface area (Å²) in [4.78, 5) is 22.7. The smallest absolute Gasteiger partial charge is 0.341 e. The van der Waals surface area contributed by atoms with Crippen LogP contribution in [0.4, 0.5) is 5.69 Å². The van der Waals surface area contributed by atoms with Crippen molar-refractivity contribution < 1.29 is 19.4 Å². The number of anilines is 1. The highest BCUT2D eigenvalue weighted by atomic mass is 16.5. The van der Waals surface area contributed by atoms with Gasteiger partial charge < -0.3 is 15.2 Å². The fraction of sp³-hybridized carbons (Fsp3) is 0.467. The molecule has 0 aliphatic carbocycles. The molecule has 1 aliphatic heterocycles. The van der Waals surface area contributed by atoms with Gasteiger partial charge in [-0.05, 0) is 24.5 Å². The lowest BCUT2D eigenvalue weighted by Crippen LogP contribution is -2.40. The molecule has 1 aliphatic rings. The summed E-state index contributed by atoms with van der Waals surface area (Å²) in [5.41, 5.74) is 6.68. The molecule has 1 aromatic carbocycles. The van der Waals surface area contributed by atoms with E-state index in [2.05, 4.69) is 30.0 Å². The van der Waals surface area contributed by atoms with Gasteiger partial charge in [0.25, 0.3) is 0 Å². The molecule has 2 unspecified atom stereocenters. The summed E-state index contributed by atoms with van der Waals surface area (Å²) < 4.78 is 5.08. The largest absolute Gasteiger partial charge is 0.482 e. The average Bonchev–Trinajstić information content (AvgIpc) is 2.95. The van der Waals surface area contributed by atoms with Crippen LogP contribution in [0.3, 0.4) is 0 Å². The summed E-state index contributed by atoms with van der Waals surface area (Å²) >= 11 is 0. The maximum Gasteiger partial charge on any atom is 0.341 e. The highest BCUT2D eigenvalue weighted by molar-refractivity contribution is 5.95. The van der Waals surface area contributed by atoms with Crippen molar-refractivity contribution in [3.8, 4) is 5.75 Å². The van der Waals surface area contributed by atoms with Crippen molar-refractivity contribution in [3.63, 3.8) is 0 Å². The summed E-state index contributed by atoms with van der Waals surface area (Å²) in [5, 5.41) is 11.4. The van der Waals surface area contributed by atoms with Crippen LogP contribution in [0.25, 0.3) is 0 Å². The number of benzene rings is 1. The van der Waals surface area contributed by atoms with Crippen LogP contribution in [0.5, 0.6) is 5.75 Å². The van der Waals surface area contributed by atoms with E-state index < -0.39 is 12.6 Å². The van der Waals surface area contributed by atoms with E-state index in [9.17, 15) is 9.59 Å². The number of nitrogens with one attached hydrogen (secondary N) is 3. The molecule has 2 rings (SSSR count). The predicted molar refractivity (Wildman–Crippen MR) is 81.5 cm³/mol. The topological polar surface area (TPSA) is 99.7 Å². The van der Waals surface area contributed by atoms with Crippen molar-refractivity contribution >= 4 is 17.6 Å². The summed E-state index contributed by atoms with van der Waals surface area (Å²) in [6, 6.07) is 6.64. The Hall–Kier alpha value is -2.12. The Balaban J connectivity index is 1.91. The maximum atomic E-state index is 12.2. The van der Waals surface area contributed by atoms with Crippen molar-refractivity contribution in [2.75, 3.05) is 11.9 Å². The van der Waals surface area contributed by atoms with Gasteiger partial charge in [-0.15, -0.1) is 0 Å². The van der Waals surface area contributed by atoms with Crippen LogP contribution in [0.2, 0.25) is 0 Å². The second kappa shape index (κ2) is 7.24. The number of hydrazine groups is 1. The third-order valence-corrected chi connectivity index (χ3v) is 3.52. The summed E-state index contributed by atoms with van der Waals surface area (Å²) in [5.74, 6) is -0.336. The lowest BCUT2D eigenvalue weighted by Gasteiger charge is -2.13. The van der Waals surface area contributed by atoms with Crippen molar-refractivity contribution in [1.29, 1.82) is 0 Å². The number of carbonyl (C=O) groups is 2. The Morgan fingerprint density at radius 1 is 1.41 bits per heavy atom. The first-order valence-corrected chi connectivity index (χ1v) is 7.22.